The molecule has 110 valence electrons. The maximum Gasteiger partial charge on any atom is 0.355 e. The molecule has 0 aliphatic carbocycles. The molecule has 0 spiro atoms. The van der Waals surface area contributed by atoms with Gasteiger partial charge in [0.05, 0.1) is 5.92 Å². The van der Waals surface area contributed by atoms with Gasteiger partial charge in [0, 0.05) is 11.1 Å². The standard InChI is InChI=1S/C15H16N2O3S/c1-8-4-5-9(2)11(6-8)16-13(18)10(3)14-17-12(7-21-14)15(19)20/h4-7,10H,1-3H3,(H,16,18)(H,19,20)/t10-/m1/s1. The molecule has 2 rings (SSSR count). The second-order valence-electron chi connectivity index (χ2n) is 4.91. The van der Waals surface area contributed by atoms with E-state index in [2.05, 4.69) is 10.3 Å². The van der Waals surface area contributed by atoms with E-state index in [4.69, 9.17) is 5.11 Å². The van der Waals surface area contributed by atoms with Gasteiger partial charge in [-0.2, -0.15) is 0 Å². The number of rotatable bonds is 4. The van der Waals surface area contributed by atoms with Crippen LogP contribution in [0.2, 0.25) is 0 Å². The second-order valence-corrected chi connectivity index (χ2v) is 5.80. The van der Waals surface area contributed by atoms with Gasteiger partial charge in [-0.1, -0.05) is 12.1 Å². The van der Waals surface area contributed by atoms with Gasteiger partial charge in [-0.15, -0.1) is 11.3 Å². The first-order valence-corrected chi connectivity index (χ1v) is 7.33. The Morgan fingerprint density at radius 2 is 2.05 bits per heavy atom. The molecule has 0 saturated carbocycles. The van der Waals surface area contributed by atoms with Crippen molar-refractivity contribution in [3.8, 4) is 0 Å². The molecule has 0 bridgehead atoms. The van der Waals surface area contributed by atoms with Crippen LogP contribution in [0.15, 0.2) is 23.6 Å². The summed E-state index contributed by atoms with van der Waals surface area (Å²) in [5.41, 5.74) is 2.78. The number of amides is 1. The van der Waals surface area contributed by atoms with Crippen LogP contribution < -0.4 is 5.32 Å². The summed E-state index contributed by atoms with van der Waals surface area (Å²) in [5.74, 6) is -1.78. The molecule has 0 unspecified atom stereocenters. The van der Waals surface area contributed by atoms with E-state index in [0.717, 1.165) is 16.8 Å². The molecule has 0 fully saturated rings. The van der Waals surface area contributed by atoms with Crippen LogP contribution in [0.3, 0.4) is 0 Å². The third-order valence-corrected chi connectivity index (χ3v) is 4.18. The third kappa shape index (κ3) is 3.46. The van der Waals surface area contributed by atoms with Crippen molar-refractivity contribution in [3.63, 3.8) is 0 Å². The first-order valence-electron chi connectivity index (χ1n) is 6.45. The lowest BCUT2D eigenvalue weighted by Crippen LogP contribution is -2.19. The van der Waals surface area contributed by atoms with Crippen molar-refractivity contribution in [1.29, 1.82) is 0 Å². The molecule has 1 aromatic heterocycles. The number of carbonyl (C=O) groups excluding carboxylic acids is 1. The molecule has 1 amide bonds. The summed E-state index contributed by atoms with van der Waals surface area (Å²) in [4.78, 5) is 27.1. The molecule has 5 nitrogen and oxygen atoms in total. The normalized spacial score (nSPS) is 12.0. The van der Waals surface area contributed by atoms with Crippen LogP contribution in [0, 0.1) is 13.8 Å². The van der Waals surface area contributed by atoms with Gasteiger partial charge < -0.3 is 10.4 Å². The van der Waals surface area contributed by atoms with E-state index in [-0.39, 0.29) is 11.6 Å². The third-order valence-electron chi connectivity index (χ3n) is 3.16. The van der Waals surface area contributed by atoms with E-state index in [1.807, 2.05) is 32.0 Å². The number of carboxylic acids is 1. The fraction of sp³-hybridized carbons (Fsp3) is 0.267. The van der Waals surface area contributed by atoms with Gasteiger partial charge in [-0.25, -0.2) is 9.78 Å². The van der Waals surface area contributed by atoms with Gasteiger partial charge >= 0.3 is 5.97 Å². The van der Waals surface area contributed by atoms with Gasteiger partial charge in [-0.3, -0.25) is 4.79 Å². The quantitative estimate of drug-likeness (QED) is 0.909. The molecule has 0 aliphatic rings. The predicted molar refractivity (Wildman–Crippen MR) is 82.0 cm³/mol. The summed E-state index contributed by atoms with van der Waals surface area (Å²) < 4.78 is 0. The number of hydrogen-bond acceptors (Lipinski definition) is 4. The SMILES string of the molecule is Cc1ccc(C)c(NC(=O)[C@@H](C)c2nc(C(=O)O)cs2)c1. The number of carbonyl (C=O) groups is 2. The largest absolute Gasteiger partial charge is 0.476 e. The van der Waals surface area contributed by atoms with Gasteiger partial charge in [0.2, 0.25) is 5.91 Å². The average Bonchev–Trinajstić information content (AvgIpc) is 2.91. The van der Waals surface area contributed by atoms with Crippen molar-refractivity contribution in [2.75, 3.05) is 5.32 Å². The predicted octanol–water partition coefficient (Wildman–Crippen LogP) is 3.20. The van der Waals surface area contributed by atoms with Crippen molar-refractivity contribution >= 4 is 28.9 Å². The summed E-state index contributed by atoms with van der Waals surface area (Å²) in [5, 5.41) is 13.7. The van der Waals surface area contributed by atoms with Gasteiger partial charge in [-0.05, 0) is 38.0 Å². The van der Waals surface area contributed by atoms with Gasteiger partial charge in [0.1, 0.15) is 5.01 Å². The Balaban J connectivity index is 2.15. The first kappa shape index (κ1) is 15.2. The maximum atomic E-state index is 12.3. The number of anilines is 1. The maximum absolute atomic E-state index is 12.3. The van der Waals surface area contributed by atoms with Crippen LogP contribution >= 0.6 is 11.3 Å². The molecule has 1 heterocycles. The van der Waals surface area contributed by atoms with Crippen molar-refractivity contribution in [1.82, 2.24) is 4.98 Å². The monoisotopic (exact) mass is 304 g/mol. The lowest BCUT2D eigenvalue weighted by atomic mass is 10.1. The van der Waals surface area contributed by atoms with Crippen LogP contribution in [-0.2, 0) is 4.79 Å². The van der Waals surface area contributed by atoms with Crippen LogP contribution in [0.1, 0.15) is 39.5 Å². The molecule has 6 heteroatoms. The summed E-state index contributed by atoms with van der Waals surface area (Å²) in [6.07, 6.45) is 0. The van der Waals surface area contributed by atoms with E-state index in [1.54, 1.807) is 6.92 Å². The van der Waals surface area contributed by atoms with Crippen LogP contribution in [0.25, 0.3) is 0 Å². The molecule has 0 saturated heterocycles. The highest BCUT2D eigenvalue weighted by molar-refractivity contribution is 7.10. The number of aromatic carboxylic acids is 1. The van der Waals surface area contributed by atoms with E-state index in [9.17, 15) is 9.59 Å². The van der Waals surface area contributed by atoms with Crippen molar-refractivity contribution < 1.29 is 14.7 Å². The molecule has 0 aliphatic heterocycles. The number of carboxylic acid groups (broad SMARTS) is 1. The zero-order valence-corrected chi connectivity index (χ0v) is 12.8. The summed E-state index contributed by atoms with van der Waals surface area (Å²) >= 11 is 1.18. The smallest absolute Gasteiger partial charge is 0.355 e. The molecular formula is C15H16N2O3S. The van der Waals surface area contributed by atoms with Gasteiger partial charge in [0.15, 0.2) is 5.69 Å². The topological polar surface area (TPSA) is 79.3 Å². The summed E-state index contributed by atoms with van der Waals surface area (Å²) in [7, 11) is 0. The zero-order chi connectivity index (χ0) is 15.6. The number of nitrogens with zero attached hydrogens (tertiary/aromatic N) is 1. The van der Waals surface area contributed by atoms with Crippen molar-refractivity contribution in [3.05, 3.63) is 45.4 Å². The number of aromatic nitrogens is 1. The Labute approximate surface area is 126 Å². The van der Waals surface area contributed by atoms with Crippen LogP contribution in [0.5, 0.6) is 0 Å². The van der Waals surface area contributed by atoms with E-state index < -0.39 is 11.9 Å². The highest BCUT2D eigenvalue weighted by Gasteiger charge is 2.21. The fourth-order valence-electron chi connectivity index (χ4n) is 1.81. The molecule has 0 radical (unpaired) electrons. The Morgan fingerprint density at radius 3 is 2.67 bits per heavy atom. The van der Waals surface area contributed by atoms with Crippen molar-refractivity contribution in [2.24, 2.45) is 0 Å². The zero-order valence-electron chi connectivity index (χ0n) is 12.0. The molecule has 2 N–H and O–H groups in total. The van der Waals surface area contributed by atoms with E-state index >= 15 is 0 Å². The van der Waals surface area contributed by atoms with Crippen LogP contribution in [-0.4, -0.2) is 22.0 Å². The Bertz CT molecular complexity index is 694. The minimum absolute atomic E-state index is 0.0265. The van der Waals surface area contributed by atoms with E-state index in [0.29, 0.717) is 5.01 Å². The number of nitrogens with one attached hydrogen (secondary N) is 1. The highest BCUT2D eigenvalue weighted by atomic mass is 32.1. The number of benzene rings is 1. The molecular weight excluding hydrogens is 288 g/mol. The lowest BCUT2D eigenvalue weighted by Gasteiger charge is -2.12. The fourth-order valence-corrected chi connectivity index (χ4v) is 2.66. The molecule has 21 heavy (non-hydrogen) atoms. The average molecular weight is 304 g/mol. The Morgan fingerprint density at radius 1 is 1.33 bits per heavy atom. The minimum atomic E-state index is -1.08. The molecule has 1 atom stereocenters. The molecule has 2 aromatic rings. The van der Waals surface area contributed by atoms with Crippen LogP contribution in [0.4, 0.5) is 5.69 Å². The Hall–Kier alpha value is -2.21. The van der Waals surface area contributed by atoms with Crippen molar-refractivity contribution in [2.45, 2.75) is 26.7 Å². The lowest BCUT2D eigenvalue weighted by molar-refractivity contribution is -0.117. The summed E-state index contributed by atoms with van der Waals surface area (Å²) in [6.45, 7) is 5.59. The van der Waals surface area contributed by atoms with Gasteiger partial charge in [0.25, 0.3) is 0 Å². The first-order chi connectivity index (χ1) is 9.88. The van der Waals surface area contributed by atoms with E-state index in [1.165, 1.54) is 16.7 Å². The second kappa shape index (κ2) is 6.05. The summed E-state index contributed by atoms with van der Waals surface area (Å²) in [6, 6.07) is 5.83. The number of aryl methyl sites for hydroxylation is 2. The number of thiazole rings is 1. The highest BCUT2D eigenvalue weighted by Crippen LogP contribution is 2.23. The number of hydrogen-bond donors (Lipinski definition) is 2. The Kier molecular flexibility index (Phi) is 4.37. The minimum Gasteiger partial charge on any atom is -0.476 e. The molecule has 1 aromatic carbocycles.